The smallest absolute Gasteiger partial charge is 0.305 e. The molecule has 0 saturated heterocycles. The van der Waals surface area contributed by atoms with Crippen molar-refractivity contribution in [3.63, 3.8) is 0 Å². The minimum atomic E-state index is -0.131. The van der Waals surface area contributed by atoms with E-state index < -0.39 is 0 Å². The second kappa shape index (κ2) is 9.52. The van der Waals surface area contributed by atoms with Gasteiger partial charge in [0.15, 0.2) is 0 Å². The molecule has 0 fully saturated rings. The highest BCUT2D eigenvalue weighted by atomic mass is 16.5. The van der Waals surface area contributed by atoms with E-state index >= 15 is 0 Å². The summed E-state index contributed by atoms with van der Waals surface area (Å²) < 4.78 is 9.85. The van der Waals surface area contributed by atoms with E-state index in [1.807, 2.05) is 0 Å². The van der Waals surface area contributed by atoms with Gasteiger partial charge in [-0.2, -0.15) is 0 Å². The number of ether oxygens (including phenoxy) is 2. The zero-order valence-corrected chi connectivity index (χ0v) is 8.67. The Morgan fingerprint density at radius 1 is 1.15 bits per heavy atom. The van der Waals surface area contributed by atoms with E-state index in [9.17, 15) is 4.79 Å². The third kappa shape index (κ3) is 9.34. The van der Waals surface area contributed by atoms with Crippen LogP contribution < -0.4 is 0 Å². The first-order valence-electron chi connectivity index (χ1n) is 4.95. The molecule has 0 amide bonds. The van der Waals surface area contributed by atoms with Crippen LogP contribution in [0.15, 0.2) is 0 Å². The minimum absolute atomic E-state index is 0.131. The maximum absolute atomic E-state index is 10.7. The van der Waals surface area contributed by atoms with E-state index in [4.69, 9.17) is 4.74 Å². The molecule has 0 rings (SSSR count). The fourth-order valence-corrected chi connectivity index (χ4v) is 0.924. The van der Waals surface area contributed by atoms with Crippen LogP contribution in [0.3, 0.4) is 0 Å². The van der Waals surface area contributed by atoms with Crippen LogP contribution in [0.4, 0.5) is 0 Å². The summed E-state index contributed by atoms with van der Waals surface area (Å²) in [6.45, 7) is 3.74. The molecule has 78 valence electrons. The van der Waals surface area contributed by atoms with Gasteiger partial charge in [-0.3, -0.25) is 4.79 Å². The highest BCUT2D eigenvalue weighted by molar-refractivity contribution is 5.68. The Labute approximate surface area is 80.4 Å². The van der Waals surface area contributed by atoms with Gasteiger partial charge in [0.25, 0.3) is 0 Å². The minimum Gasteiger partial charge on any atom is -0.469 e. The summed E-state index contributed by atoms with van der Waals surface area (Å²) in [5, 5.41) is 0. The maximum Gasteiger partial charge on any atom is 0.305 e. The van der Waals surface area contributed by atoms with Gasteiger partial charge in [-0.05, 0) is 19.3 Å². The van der Waals surface area contributed by atoms with Gasteiger partial charge in [-0.15, -0.1) is 0 Å². The number of carbonyl (C=O) groups excluding carboxylic acids is 1. The second-order valence-corrected chi connectivity index (χ2v) is 3.00. The van der Waals surface area contributed by atoms with E-state index in [2.05, 4.69) is 11.7 Å². The Morgan fingerprint density at radius 2 is 1.85 bits per heavy atom. The van der Waals surface area contributed by atoms with Crippen molar-refractivity contribution in [3.8, 4) is 0 Å². The second-order valence-electron chi connectivity index (χ2n) is 3.00. The molecule has 0 aliphatic heterocycles. The van der Waals surface area contributed by atoms with Crippen molar-refractivity contribution >= 4 is 5.97 Å². The summed E-state index contributed by atoms with van der Waals surface area (Å²) in [7, 11) is 1.42. The molecule has 0 unspecified atom stereocenters. The maximum atomic E-state index is 10.7. The molecule has 3 heteroatoms. The lowest BCUT2D eigenvalue weighted by atomic mass is 10.2. The Hall–Kier alpha value is -0.570. The Morgan fingerprint density at radius 3 is 2.46 bits per heavy atom. The van der Waals surface area contributed by atoms with Crippen LogP contribution in [0.25, 0.3) is 0 Å². The largest absolute Gasteiger partial charge is 0.469 e. The molecule has 0 spiro atoms. The zero-order valence-electron chi connectivity index (χ0n) is 8.67. The molecule has 0 radical (unpaired) electrons. The van der Waals surface area contributed by atoms with Crippen molar-refractivity contribution < 1.29 is 14.3 Å². The van der Waals surface area contributed by atoms with Crippen molar-refractivity contribution in [1.29, 1.82) is 0 Å². The van der Waals surface area contributed by atoms with Gasteiger partial charge in [-0.1, -0.05) is 13.3 Å². The van der Waals surface area contributed by atoms with Gasteiger partial charge < -0.3 is 9.47 Å². The van der Waals surface area contributed by atoms with Crippen LogP contribution in [-0.4, -0.2) is 26.3 Å². The number of carbonyl (C=O) groups is 1. The predicted molar refractivity (Wildman–Crippen MR) is 51.6 cm³/mol. The van der Waals surface area contributed by atoms with Crippen molar-refractivity contribution in [3.05, 3.63) is 0 Å². The van der Waals surface area contributed by atoms with E-state index in [-0.39, 0.29) is 5.97 Å². The Balaban J connectivity index is 2.95. The molecule has 0 aliphatic rings. The highest BCUT2D eigenvalue weighted by Gasteiger charge is 1.98. The molecule has 0 saturated carbocycles. The van der Waals surface area contributed by atoms with Crippen molar-refractivity contribution in [2.45, 2.75) is 39.0 Å². The summed E-state index contributed by atoms with van der Waals surface area (Å²) >= 11 is 0. The van der Waals surface area contributed by atoms with Crippen LogP contribution in [0.5, 0.6) is 0 Å². The molecule has 3 nitrogen and oxygen atoms in total. The van der Waals surface area contributed by atoms with Crippen LogP contribution in [0.1, 0.15) is 39.0 Å². The Bertz CT molecular complexity index is 123. The van der Waals surface area contributed by atoms with Gasteiger partial charge >= 0.3 is 5.97 Å². The first kappa shape index (κ1) is 12.4. The number of hydrogen-bond acceptors (Lipinski definition) is 3. The number of unbranched alkanes of at least 4 members (excludes halogenated alkanes) is 2. The van der Waals surface area contributed by atoms with E-state index in [0.29, 0.717) is 6.42 Å². The van der Waals surface area contributed by atoms with Gasteiger partial charge in [0, 0.05) is 19.6 Å². The summed E-state index contributed by atoms with van der Waals surface area (Å²) in [6.07, 6.45) is 4.60. The molecule has 0 aromatic rings. The van der Waals surface area contributed by atoms with Gasteiger partial charge in [0.1, 0.15) is 0 Å². The van der Waals surface area contributed by atoms with Crippen LogP contribution in [-0.2, 0) is 14.3 Å². The first-order chi connectivity index (χ1) is 6.31. The molecular weight excluding hydrogens is 168 g/mol. The SMILES string of the molecule is CCCCOCCCCC(=O)OC. The molecule has 0 atom stereocenters. The number of methoxy groups -OCH3 is 1. The van der Waals surface area contributed by atoms with E-state index in [0.717, 1.165) is 32.5 Å². The number of rotatable bonds is 8. The molecule has 0 heterocycles. The van der Waals surface area contributed by atoms with Gasteiger partial charge in [-0.25, -0.2) is 0 Å². The standard InChI is InChI=1S/C10H20O3/c1-3-4-8-13-9-6-5-7-10(11)12-2/h3-9H2,1-2H3. The number of hydrogen-bond donors (Lipinski definition) is 0. The molecule has 0 bridgehead atoms. The summed E-state index contributed by atoms with van der Waals surface area (Å²) in [5.41, 5.74) is 0. The average Bonchev–Trinajstić information content (AvgIpc) is 2.16. The lowest BCUT2D eigenvalue weighted by Gasteiger charge is -2.02. The van der Waals surface area contributed by atoms with Crippen molar-refractivity contribution in [2.75, 3.05) is 20.3 Å². The average molecular weight is 188 g/mol. The van der Waals surface area contributed by atoms with Crippen LogP contribution in [0, 0.1) is 0 Å². The zero-order chi connectivity index (χ0) is 9.94. The van der Waals surface area contributed by atoms with Crippen LogP contribution in [0.2, 0.25) is 0 Å². The van der Waals surface area contributed by atoms with Crippen molar-refractivity contribution in [1.82, 2.24) is 0 Å². The molecule has 0 aromatic heterocycles. The van der Waals surface area contributed by atoms with E-state index in [1.54, 1.807) is 0 Å². The first-order valence-corrected chi connectivity index (χ1v) is 4.95. The number of esters is 1. The lowest BCUT2D eigenvalue weighted by molar-refractivity contribution is -0.140. The van der Waals surface area contributed by atoms with Crippen molar-refractivity contribution in [2.24, 2.45) is 0 Å². The monoisotopic (exact) mass is 188 g/mol. The molecular formula is C10H20O3. The fraction of sp³-hybridized carbons (Fsp3) is 0.900. The molecule has 0 aliphatic carbocycles. The predicted octanol–water partition coefficient (Wildman–Crippen LogP) is 2.15. The lowest BCUT2D eigenvalue weighted by Crippen LogP contribution is -2.01. The van der Waals surface area contributed by atoms with E-state index in [1.165, 1.54) is 13.5 Å². The fourth-order valence-electron chi connectivity index (χ4n) is 0.924. The highest BCUT2D eigenvalue weighted by Crippen LogP contribution is 1.98. The normalized spacial score (nSPS) is 10.0. The Kier molecular flexibility index (Phi) is 9.10. The summed E-state index contributed by atoms with van der Waals surface area (Å²) in [6, 6.07) is 0. The summed E-state index contributed by atoms with van der Waals surface area (Å²) in [4.78, 5) is 10.7. The molecule has 0 N–H and O–H groups in total. The van der Waals surface area contributed by atoms with Crippen LogP contribution >= 0.6 is 0 Å². The topological polar surface area (TPSA) is 35.5 Å². The van der Waals surface area contributed by atoms with Gasteiger partial charge in [0.05, 0.1) is 7.11 Å². The third-order valence-electron chi connectivity index (χ3n) is 1.79. The molecule has 0 aromatic carbocycles. The van der Waals surface area contributed by atoms with Gasteiger partial charge in [0.2, 0.25) is 0 Å². The quantitative estimate of drug-likeness (QED) is 0.432. The molecule has 13 heavy (non-hydrogen) atoms. The third-order valence-corrected chi connectivity index (χ3v) is 1.79. The summed E-state index contributed by atoms with van der Waals surface area (Å²) in [5.74, 6) is -0.131.